The van der Waals surface area contributed by atoms with E-state index in [1.807, 2.05) is 0 Å². The molecule has 3 nitrogen and oxygen atoms in total. The molecule has 11 heavy (non-hydrogen) atoms. The summed E-state index contributed by atoms with van der Waals surface area (Å²) in [6, 6.07) is 7.70. The molecule has 0 aliphatic rings. The van der Waals surface area contributed by atoms with Crippen molar-refractivity contribution in [2.24, 2.45) is 0 Å². The van der Waals surface area contributed by atoms with E-state index in [2.05, 4.69) is 0 Å². The first kappa shape index (κ1) is 11.6. The first-order chi connectivity index (χ1) is 4.61. The van der Waals surface area contributed by atoms with Crippen molar-refractivity contribution in [1.29, 1.82) is 0 Å². The minimum Gasteiger partial charge on any atom is -1.00 e. The predicted molar refractivity (Wildman–Crippen MR) is 46.1 cm³/mol. The molecule has 0 fully saturated rings. The molecule has 1 aromatic rings. The number of rotatable bonds is 1. The standard InChI is InChI=1S/C6H7O3P.Ca.2H/c7-10(8,9)6-4-2-1-3-5-6;;;/h1-5H,(H2,7,8,9);;;/q;+2;2*-1. The van der Waals surface area contributed by atoms with Crippen molar-refractivity contribution >= 4 is 50.6 Å². The van der Waals surface area contributed by atoms with Gasteiger partial charge in [0.2, 0.25) is 0 Å². The molecule has 0 aliphatic heterocycles. The van der Waals surface area contributed by atoms with Crippen molar-refractivity contribution in [3.05, 3.63) is 30.3 Å². The fourth-order valence-corrected chi connectivity index (χ4v) is 1.18. The van der Waals surface area contributed by atoms with Crippen molar-refractivity contribution in [3.63, 3.8) is 0 Å². The molecular formula is C6H9CaO3P. The molecular weight excluding hydrogens is 191 g/mol. The summed E-state index contributed by atoms with van der Waals surface area (Å²) in [5, 5.41) is 0.0648. The molecule has 0 saturated carbocycles. The summed E-state index contributed by atoms with van der Waals surface area (Å²) in [7, 11) is -4.02. The third-order valence-corrected chi connectivity index (χ3v) is 2.06. The minimum absolute atomic E-state index is 0. The molecule has 0 aliphatic carbocycles. The zero-order valence-electron chi connectivity index (χ0n) is 7.84. The van der Waals surface area contributed by atoms with Crippen LogP contribution in [-0.2, 0) is 4.57 Å². The smallest absolute Gasteiger partial charge is 1.00 e. The van der Waals surface area contributed by atoms with Gasteiger partial charge in [-0.15, -0.1) is 0 Å². The van der Waals surface area contributed by atoms with Crippen molar-refractivity contribution < 1.29 is 17.2 Å². The van der Waals surface area contributed by atoms with E-state index < -0.39 is 7.60 Å². The second-order valence-electron chi connectivity index (χ2n) is 1.88. The Bertz CT molecular complexity index is 264. The number of hydrogen-bond acceptors (Lipinski definition) is 1. The van der Waals surface area contributed by atoms with E-state index in [1.165, 1.54) is 12.1 Å². The zero-order chi connectivity index (χ0) is 7.61. The normalized spacial score (nSPS) is 10.4. The van der Waals surface area contributed by atoms with Gasteiger partial charge < -0.3 is 12.6 Å². The molecule has 0 saturated heterocycles. The third kappa shape index (κ3) is 3.70. The summed E-state index contributed by atoms with van der Waals surface area (Å²) in [5.74, 6) is 0. The number of benzene rings is 1. The van der Waals surface area contributed by atoms with E-state index in [0.717, 1.165) is 0 Å². The molecule has 0 radical (unpaired) electrons. The molecule has 1 aromatic carbocycles. The second kappa shape index (κ2) is 4.61. The Balaban J connectivity index is -0.000000333. The Morgan fingerprint density at radius 3 is 1.91 bits per heavy atom. The van der Waals surface area contributed by atoms with Gasteiger partial charge in [-0.3, -0.25) is 4.57 Å². The summed E-state index contributed by atoms with van der Waals surface area (Å²) in [6.07, 6.45) is 0. The molecule has 0 spiro atoms. The van der Waals surface area contributed by atoms with Crippen molar-refractivity contribution in [2.45, 2.75) is 0 Å². The summed E-state index contributed by atoms with van der Waals surface area (Å²) in [4.78, 5) is 17.2. The van der Waals surface area contributed by atoms with Gasteiger partial charge in [0.15, 0.2) is 0 Å². The van der Waals surface area contributed by atoms with E-state index in [9.17, 15) is 4.57 Å². The maximum Gasteiger partial charge on any atom is 2.00 e. The summed E-state index contributed by atoms with van der Waals surface area (Å²) >= 11 is 0. The van der Waals surface area contributed by atoms with Gasteiger partial charge in [0.1, 0.15) is 0 Å². The van der Waals surface area contributed by atoms with Crippen LogP contribution in [0.4, 0.5) is 0 Å². The fourth-order valence-electron chi connectivity index (χ4n) is 0.622. The van der Waals surface area contributed by atoms with Gasteiger partial charge in [0, 0.05) is 0 Å². The topological polar surface area (TPSA) is 57.5 Å². The van der Waals surface area contributed by atoms with Crippen molar-refractivity contribution in [1.82, 2.24) is 0 Å². The van der Waals surface area contributed by atoms with Gasteiger partial charge in [-0.1, -0.05) is 18.2 Å². The molecule has 58 valence electrons. The molecule has 1 rings (SSSR count). The quantitative estimate of drug-likeness (QED) is 0.507. The van der Waals surface area contributed by atoms with Crippen LogP contribution >= 0.6 is 7.60 Å². The first-order valence-electron chi connectivity index (χ1n) is 2.72. The van der Waals surface area contributed by atoms with Crippen LogP contribution in [0.5, 0.6) is 0 Å². The van der Waals surface area contributed by atoms with Crippen LogP contribution in [0.3, 0.4) is 0 Å². The molecule has 0 aromatic heterocycles. The molecule has 0 atom stereocenters. The molecule has 0 bridgehead atoms. The SMILES string of the molecule is O=P(O)(O)c1ccccc1.[Ca+2].[H-].[H-]. The van der Waals surface area contributed by atoms with Crippen LogP contribution < -0.4 is 5.30 Å². The Morgan fingerprint density at radius 1 is 1.18 bits per heavy atom. The van der Waals surface area contributed by atoms with E-state index in [1.54, 1.807) is 18.2 Å². The fraction of sp³-hybridized carbons (Fsp3) is 0. The van der Waals surface area contributed by atoms with E-state index >= 15 is 0 Å². The van der Waals surface area contributed by atoms with Crippen molar-refractivity contribution in [3.8, 4) is 0 Å². The van der Waals surface area contributed by atoms with Crippen LogP contribution in [-0.4, -0.2) is 47.5 Å². The monoisotopic (exact) mass is 200 g/mol. The maximum atomic E-state index is 10.5. The second-order valence-corrected chi connectivity index (χ2v) is 3.48. The maximum absolute atomic E-state index is 10.5. The van der Waals surface area contributed by atoms with Gasteiger partial charge in [-0.2, -0.15) is 0 Å². The van der Waals surface area contributed by atoms with Gasteiger partial charge in [0.25, 0.3) is 0 Å². The minimum atomic E-state index is -4.02. The average molecular weight is 200 g/mol. The van der Waals surface area contributed by atoms with E-state index in [0.29, 0.717) is 0 Å². The van der Waals surface area contributed by atoms with Crippen LogP contribution in [0.1, 0.15) is 2.85 Å². The average Bonchev–Trinajstić information content (AvgIpc) is 1.88. The molecule has 0 heterocycles. The third-order valence-electron chi connectivity index (χ3n) is 1.09. The molecule has 0 amide bonds. The van der Waals surface area contributed by atoms with Crippen LogP contribution in [0.2, 0.25) is 0 Å². The molecule has 0 unspecified atom stereocenters. The first-order valence-corrected chi connectivity index (χ1v) is 4.33. The largest absolute Gasteiger partial charge is 2.00 e. The van der Waals surface area contributed by atoms with E-state index in [4.69, 9.17) is 9.79 Å². The Kier molecular flexibility index (Phi) is 4.87. The van der Waals surface area contributed by atoms with E-state index in [-0.39, 0.29) is 45.9 Å². The van der Waals surface area contributed by atoms with Gasteiger partial charge in [0.05, 0.1) is 5.30 Å². The Morgan fingerprint density at radius 2 is 1.64 bits per heavy atom. The van der Waals surface area contributed by atoms with Crippen LogP contribution in [0, 0.1) is 0 Å². The summed E-state index contributed by atoms with van der Waals surface area (Å²) in [6.45, 7) is 0. The van der Waals surface area contributed by atoms with Crippen molar-refractivity contribution in [2.75, 3.05) is 0 Å². The van der Waals surface area contributed by atoms with Crippen LogP contribution in [0.25, 0.3) is 0 Å². The summed E-state index contributed by atoms with van der Waals surface area (Å²) < 4.78 is 10.5. The Hall–Kier alpha value is 0.630. The molecule has 5 heteroatoms. The zero-order valence-corrected chi connectivity index (χ0v) is 8.95. The summed E-state index contributed by atoms with van der Waals surface area (Å²) in [5.41, 5.74) is 0. The van der Waals surface area contributed by atoms with Gasteiger partial charge >= 0.3 is 45.3 Å². The Labute approximate surface area is 97.6 Å². The molecule has 2 N–H and O–H groups in total. The van der Waals surface area contributed by atoms with Crippen LogP contribution in [0.15, 0.2) is 30.3 Å². The predicted octanol–water partition coefficient (Wildman–Crippen LogP) is 0.334. The van der Waals surface area contributed by atoms with Gasteiger partial charge in [-0.05, 0) is 12.1 Å². The van der Waals surface area contributed by atoms with Gasteiger partial charge in [-0.25, -0.2) is 0 Å². The number of hydrogen-bond donors (Lipinski definition) is 2.